The monoisotopic (exact) mass is 378 g/mol. The minimum absolute atomic E-state index is 0.244. The average molecular weight is 379 g/mol. The minimum atomic E-state index is -1.88. The summed E-state index contributed by atoms with van der Waals surface area (Å²) in [6.07, 6.45) is 0.809. The van der Waals surface area contributed by atoms with Crippen LogP contribution in [0.15, 0.2) is 12.2 Å². The third-order valence-corrected chi connectivity index (χ3v) is 11.5. The van der Waals surface area contributed by atoms with E-state index in [2.05, 4.69) is 45.9 Å². The number of carboxylic acids is 2. The first kappa shape index (κ1) is 22.3. The highest BCUT2D eigenvalue weighted by molar-refractivity contribution is 6.81. The minimum Gasteiger partial charge on any atom is -0.481 e. The van der Waals surface area contributed by atoms with E-state index in [4.69, 9.17) is 18.4 Å². The molecule has 0 aliphatic heterocycles. The Bertz CT molecular complexity index is 423. The molecular formula is C14H30O6Si3. The first-order chi connectivity index (χ1) is 10.2. The molecule has 0 aliphatic rings. The summed E-state index contributed by atoms with van der Waals surface area (Å²) >= 11 is 0. The molecule has 0 rings (SSSR count). The van der Waals surface area contributed by atoms with Crippen molar-refractivity contribution in [1.29, 1.82) is 0 Å². The van der Waals surface area contributed by atoms with Gasteiger partial charge in [-0.15, -0.1) is 0 Å². The summed E-state index contributed by atoms with van der Waals surface area (Å²) in [4.78, 5) is 22.1. The maximum absolute atomic E-state index is 11.2. The summed E-state index contributed by atoms with van der Waals surface area (Å²) in [6.45, 7) is 16.0. The summed E-state index contributed by atoms with van der Waals surface area (Å²) in [5.74, 6) is -3.46. The van der Waals surface area contributed by atoms with E-state index in [0.717, 1.165) is 0 Å². The Hall–Kier alpha value is -0.749. The summed E-state index contributed by atoms with van der Waals surface area (Å²) < 4.78 is 12.3. The van der Waals surface area contributed by atoms with Crippen LogP contribution in [0, 0.1) is 5.92 Å². The molecule has 0 saturated heterocycles. The van der Waals surface area contributed by atoms with E-state index in [1.54, 1.807) is 0 Å². The van der Waals surface area contributed by atoms with Crippen molar-refractivity contribution in [1.82, 2.24) is 0 Å². The van der Waals surface area contributed by atoms with E-state index in [-0.39, 0.29) is 12.0 Å². The Kier molecular flexibility index (Phi) is 8.63. The first-order valence-corrected chi connectivity index (χ1v) is 16.3. The SMILES string of the molecule is C=C(C(=O)O)C(CCC[SiH](O[Si](C)(C)C)O[Si](C)(C)C)C(=O)O. The van der Waals surface area contributed by atoms with Gasteiger partial charge in [0.1, 0.15) is 0 Å². The van der Waals surface area contributed by atoms with Gasteiger partial charge in [0, 0.05) is 5.57 Å². The van der Waals surface area contributed by atoms with Gasteiger partial charge < -0.3 is 18.4 Å². The smallest absolute Gasteiger partial charge is 0.331 e. The fourth-order valence-corrected chi connectivity index (χ4v) is 10.5. The van der Waals surface area contributed by atoms with Gasteiger partial charge >= 0.3 is 21.2 Å². The second kappa shape index (κ2) is 8.92. The molecule has 0 amide bonds. The van der Waals surface area contributed by atoms with E-state index in [0.29, 0.717) is 12.5 Å². The fourth-order valence-electron chi connectivity index (χ4n) is 2.02. The molecule has 0 aromatic carbocycles. The second-order valence-corrected chi connectivity index (χ2v) is 19.3. The molecule has 0 aromatic heterocycles. The quantitative estimate of drug-likeness (QED) is 0.424. The number of hydrogen-bond donors (Lipinski definition) is 2. The lowest BCUT2D eigenvalue weighted by atomic mass is 9.96. The molecule has 23 heavy (non-hydrogen) atoms. The highest BCUT2D eigenvalue weighted by Crippen LogP contribution is 2.21. The van der Waals surface area contributed by atoms with E-state index >= 15 is 0 Å². The number of carboxylic acid groups (broad SMARTS) is 2. The van der Waals surface area contributed by atoms with Crippen molar-refractivity contribution < 1.29 is 28.0 Å². The second-order valence-electron chi connectivity index (χ2n) is 7.54. The van der Waals surface area contributed by atoms with Crippen LogP contribution in [0.5, 0.6) is 0 Å². The fraction of sp³-hybridized carbons (Fsp3) is 0.714. The van der Waals surface area contributed by atoms with Gasteiger partial charge in [0.15, 0.2) is 16.6 Å². The van der Waals surface area contributed by atoms with E-state index in [1.807, 2.05) is 0 Å². The van der Waals surface area contributed by atoms with Gasteiger partial charge in [-0.1, -0.05) is 13.0 Å². The third-order valence-electron chi connectivity index (χ3n) is 2.90. The zero-order valence-corrected chi connectivity index (χ0v) is 18.2. The van der Waals surface area contributed by atoms with Crippen LogP contribution in [0.2, 0.25) is 45.3 Å². The van der Waals surface area contributed by atoms with E-state index < -0.39 is 43.8 Å². The van der Waals surface area contributed by atoms with Crippen LogP contribution >= 0.6 is 0 Å². The molecular weight excluding hydrogens is 348 g/mol. The molecule has 0 spiro atoms. The van der Waals surface area contributed by atoms with Crippen LogP contribution in [0.1, 0.15) is 12.8 Å². The van der Waals surface area contributed by atoms with Crippen molar-refractivity contribution >= 4 is 37.9 Å². The molecule has 1 unspecified atom stereocenters. The lowest BCUT2D eigenvalue weighted by Crippen LogP contribution is -2.43. The summed E-state index contributed by atoms with van der Waals surface area (Å²) in [5, 5.41) is 18.1. The van der Waals surface area contributed by atoms with Crippen LogP contribution in [0.25, 0.3) is 0 Å². The first-order valence-electron chi connectivity index (χ1n) is 7.73. The molecule has 0 aliphatic carbocycles. The number of hydrogen-bond acceptors (Lipinski definition) is 4. The van der Waals surface area contributed by atoms with E-state index in [9.17, 15) is 9.59 Å². The van der Waals surface area contributed by atoms with Gasteiger partial charge in [0.2, 0.25) is 0 Å². The normalized spacial score (nSPS) is 13.9. The number of aliphatic carboxylic acids is 2. The molecule has 2 N–H and O–H groups in total. The predicted molar refractivity (Wildman–Crippen MR) is 98.0 cm³/mol. The number of carbonyl (C=O) groups is 2. The maximum atomic E-state index is 11.2. The van der Waals surface area contributed by atoms with Crippen molar-refractivity contribution in [2.75, 3.05) is 0 Å². The summed E-state index contributed by atoms with van der Waals surface area (Å²) in [7, 11) is -5.33. The Balaban J connectivity index is 4.74. The van der Waals surface area contributed by atoms with Gasteiger partial charge in [-0.05, 0) is 51.7 Å². The van der Waals surface area contributed by atoms with Crippen molar-refractivity contribution in [2.24, 2.45) is 5.92 Å². The molecule has 134 valence electrons. The topological polar surface area (TPSA) is 93.1 Å². The lowest BCUT2D eigenvalue weighted by Gasteiger charge is -2.30. The standard InChI is InChI=1S/C14H30O6Si3/c1-11(13(15)16)12(14(17)18)9-8-10-21(19-22(2,3)4)20-23(5,6)7/h12,21H,1,8-10H2,2-7H3,(H,15,16)(H,17,18). The molecule has 0 heterocycles. The molecule has 0 radical (unpaired) electrons. The van der Waals surface area contributed by atoms with Crippen LogP contribution in [0.3, 0.4) is 0 Å². The van der Waals surface area contributed by atoms with Gasteiger partial charge in [-0.3, -0.25) is 4.79 Å². The van der Waals surface area contributed by atoms with Crippen LogP contribution in [0.4, 0.5) is 0 Å². The molecule has 6 nitrogen and oxygen atoms in total. The molecule has 0 fully saturated rings. The average Bonchev–Trinajstić information content (AvgIpc) is 2.28. The third kappa shape index (κ3) is 10.6. The molecule has 0 saturated carbocycles. The Morgan fingerprint density at radius 3 is 1.78 bits per heavy atom. The summed E-state index contributed by atoms with van der Waals surface area (Å²) in [6, 6.07) is 0.686. The van der Waals surface area contributed by atoms with Gasteiger partial charge in [-0.2, -0.15) is 0 Å². The summed E-state index contributed by atoms with van der Waals surface area (Å²) in [5.41, 5.74) is -0.270. The Labute approximate surface area is 142 Å². The van der Waals surface area contributed by atoms with Crippen molar-refractivity contribution in [3.05, 3.63) is 12.2 Å². The van der Waals surface area contributed by atoms with Crippen LogP contribution in [-0.4, -0.2) is 48.1 Å². The molecule has 0 bridgehead atoms. The van der Waals surface area contributed by atoms with Crippen LogP contribution < -0.4 is 0 Å². The zero-order chi connectivity index (χ0) is 18.4. The van der Waals surface area contributed by atoms with Crippen LogP contribution in [-0.2, 0) is 17.8 Å². The molecule has 0 aromatic rings. The zero-order valence-electron chi connectivity index (χ0n) is 15.0. The van der Waals surface area contributed by atoms with Crippen molar-refractivity contribution in [3.63, 3.8) is 0 Å². The van der Waals surface area contributed by atoms with Crippen molar-refractivity contribution in [3.8, 4) is 0 Å². The van der Waals surface area contributed by atoms with E-state index in [1.165, 1.54) is 0 Å². The van der Waals surface area contributed by atoms with Gasteiger partial charge in [-0.25, -0.2) is 4.79 Å². The Morgan fingerprint density at radius 2 is 1.48 bits per heavy atom. The lowest BCUT2D eigenvalue weighted by molar-refractivity contribution is -0.144. The predicted octanol–water partition coefficient (Wildman–Crippen LogP) is 3.03. The Morgan fingerprint density at radius 1 is 1.04 bits per heavy atom. The maximum Gasteiger partial charge on any atom is 0.331 e. The highest BCUT2D eigenvalue weighted by atomic mass is 28.4. The number of rotatable bonds is 11. The molecule has 1 atom stereocenters. The van der Waals surface area contributed by atoms with Gasteiger partial charge in [0.25, 0.3) is 0 Å². The van der Waals surface area contributed by atoms with Crippen molar-refractivity contribution in [2.45, 2.75) is 58.2 Å². The largest absolute Gasteiger partial charge is 0.481 e. The highest BCUT2D eigenvalue weighted by Gasteiger charge is 2.30. The van der Waals surface area contributed by atoms with Gasteiger partial charge in [0.05, 0.1) is 5.92 Å². The molecule has 9 heteroatoms.